The van der Waals surface area contributed by atoms with E-state index in [9.17, 15) is 0 Å². The number of hydrogen-bond acceptors (Lipinski definition) is 7. The number of benzene rings is 2. The molecule has 166 valence electrons. The second-order valence-corrected chi connectivity index (χ2v) is 7.44. The largest absolute Gasteiger partial charge is 0.493 e. The normalized spacial score (nSPS) is 10.8. The summed E-state index contributed by atoms with van der Waals surface area (Å²) in [6, 6.07) is 12.2. The fourth-order valence-electron chi connectivity index (χ4n) is 3.61. The lowest BCUT2D eigenvalue weighted by Gasteiger charge is -2.15. The molecule has 0 saturated carbocycles. The molecular weight excluding hydrogens is 406 g/mol. The van der Waals surface area contributed by atoms with Gasteiger partial charge in [0.1, 0.15) is 0 Å². The Hall–Kier alpha value is -3.94. The molecule has 2 heterocycles. The molecule has 2 aromatic heterocycles. The molecule has 4 rings (SSSR count). The van der Waals surface area contributed by atoms with Crippen LogP contribution in [-0.4, -0.2) is 49.8 Å². The van der Waals surface area contributed by atoms with Crippen molar-refractivity contribution in [3.63, 3.8) is 0 Å². The second kappa shape index (κ2) is 9.05. The van der Waals surface area contributed by atoms with Crippen molar-refractivity contribution in [3.8, 4) is 28.5 Å². The minimum absolute atomic E-state index is 0.517. The van der Waals surface area contributed by atoms with Crippen LogP contribution >= 0.6 is 0 Å². The average Bonchev–Trinajstić information content (AvgIpc) is 3.32. The SMILES string of the molecule is COc1cc(CNc2ncc(-c3ccc(N(C)C)cc3)n3ccnc23)cc(OC)c1OC. The fraction of sp³-hybridized carbons (Fsp3) is 0.250. The number of hydrogen-bond donors (Lipinski definition) is 1. The number of nitrogens with one attached hydrogen (secondary N) is 1. The first-order chi connectivity index (χ1) is 15.5. The molecule has 4 aromatic rings. The second-order valence-electron chi connectivity index (χ2n) is 7.44. The van der Waals surface area contributed by atoms with Crippen LogP contribution in [0.3, 0.4) is 0 Å². The number of nitrogens with zero attached hydrogens (tertiary/aromatic N) is 4. The van der Waals surface area contributed by atoms with E-state index in [1.165, 1.54) is 0 Å². The minimum Gasteiger partial charge on any atom is -0.493 e. The summed E-state index contributed by atoms with van der Waals surface area (Å²) in [6.07, 6.45) is 5.58. The summed E-state index contributed by atoms with van der Waals surface area (Å²) in [5.74, 6) is 2.48. The van der Waals surface area contributed by atoms with Crippen molar-refractivity contribution >= 4 is 17.2 Å². The maximum atomic E-state index is 5.45. The van der Waals surface area contributed by atoms with E-state index in [0.29, 0.717) is 29.6 Å². The van der Waals surface area contributed by atoms with E-state index in [0.717, 1.165) is 28.2 Å². The third-order valence-corrected chi connectivity index (χ3v) is 5.29. The third kappa shape index (κ3) is 3.99. The Morgan fingerprint density at radius 1 is 0.938 bits per heavy atom. The Labute approximate surface area is 187 Å². The standard InChI is InChI=1S/C24H27N5O3/c1-28(2)18-8-6-17(7-9-18)19-15-27-23(24-25-10-11-29(19)24)26-14-16-12-20(30-3)22(32-5)21(13-16)31-4/h6-13,15H,14H2,1-5H3,(H,26,27). The van der Waals surface area contributed by atoms with Gasteiger partial charge in [0.15, 0.2) is 23.0 Å². The molecule has 0 bridgehead atoms. The molecule has 0 fully saturated rings. The molecule has 0 atom stereocenters. The van der Waals surface area contributed by atoms with Gasteiger partial charge in [0.25, 0.3) is 0 Å². The van der Waals surface area contributed by atoms with E-state index in [4.69, 9.17) is 14.2 Å². The Kier molecular flexibility index (Phi) is 6.02. The number of ether oxygens (including phenoxy) is 3. The smallest absolute Gasteiger partial charge is 0.203 e. The molecule has 2 aromatic carbocycles. The van der Waals surface area contributed by atoms with Gasteiger partial charge >= 0.3 is 0 Å². The van der Waals surface area contributed by atoms with Crippen molar-refractivity contribution in [2.75, 3.05) is 45.6 Å². The van der Waals surface area contributed by atoms with E-state index >= 15 is 0 Å². The summed E-state index contributed by atoms with van der Waals surface area (Å²) in [5, 5.41) is 3.38. The van der Waals surface area contributed by atoms with Gasteiger partial charge in [-0.15, -0.1) is 0 Å². The molecule has 0 amide bonds. The summed E-state index contributed by atoms with van der Waals surface area (Å²) in [5.41, 5.74) is 4.91. The molecular formula is C24H27N5O3. The van der Waals surface area contributed by atoms with Crippen LogP contribution in [0.1, 0.15) is 5.56 Å². The first kappa shape index (κ1) is 21.3. The van der Waals surface area contributed by atoms with E-state index in [-0.39, 0.29) is 0 Å². The summed E-state index contributed by atoms with van der Waals surface area (Å²) < 4.78 is 18.3. The van der Waals surface area contributed by atoms with Crippen LogP contribution in [-0.2, 0) is 6.54 Å². The van der Waals surface area contributed by atoms with Crippen molar-refractivity contribution < 1.29 is 14.2 Å². The summed E-state index contributed by atoms with van der Waals surface area (Å²) in [4.78, 5) is 11.2. The minimum atomic E-state index is 0.517. The number of methoxy groups -OCH3 is 3. The quantitative estimate of drug-likeness (QED) is 0.448. The highest BCUT2D eigenvalue weighted by molar-refractivity contribution is 5.71. The molecule has 0 aliphatic carbocycles. The maximum Gasteiger partial charge on any atom is 0.203 e. The van der Waals surface area contributed by atoms with Crippen LogP contribution in [0.15, 0.2) is 55.0 Å². The molecule has 0 aliphatic heterocycles. The molecule has 8 heteroatoms. The van der Waals surface area contributed by atoms with Gasteiger partial charge in [0.05, 0.1) is 33.2 Å². The maximum absolute atomic E-state index is 5.45. The van der Waals surface area contributed by atoms with Crippen LogP contribution in [0.25, 0.3) is 16.9 Å². The van der Waals surface area contributed by atoms with E-state index in [1.54, 1.807) is 27.5 Å². The van der Waals surface area contributed by atoms with Crippen LogP contribution < -0.4 is 24.4 Å². The number of anilines is 2. The van der Waals surface area contributed by atoms with E-state index in [2.05, 4.69) is 44.5 Å². The van der Waals surface area contributed by atoms with E-state index < -0.39 is 0 Å². The van der Waals surface area contributed by atoms with Crippen LogP contribution in [0.2, 0.25) is 0 Å². The molecule has 0 saturated heterocycles. The Morgan fingerprint density at radius 3 is 2.22 bits per heavy atom. The van der Waals surface area contributed by atoms with Crippen molar-refractivity contribution in [2.45, 2.75) is 6.54 Å². The Morgan fingerprint density at radius 2 is 1.62 bits per heavy atom. The fourth-order valence-corrected chi connectivity index (χ4v) is 3.61. The summed E-state index contributed by atoms with van der Waals surface area (Å²) in [7, 11) is 8.85. The lowest BCUT2D eigenvalue weighted by atomic mass is 10.1. The predicted molar refractivity (Wildman–Crippen MR) is 126 cm³/mol. The Bertz CT molecular complexity index is 1190. The lowest BCUT2D eigenvalue weighted by molar-refractivity contribution is 0.324. The number of fused-ring (bicyclic) bond motifs is 1. The van der Waals surface area contributed by atoms with Crippen molar-refractivity contribution in [2.24, 2.45) is 0 Å². The highest BCUT2D eigenvalue weighted by Gasteiger charge is 2.14. The molecule has 8 nitrogen and oxygen atoms in total. The predicted octanol–water partition coefficient (Wildman–Crippen LogP) is 4.10. The average molecular weight is 434 g/mol. The Balaban J connectivity index is 1.62. The molecule has 0 aliphatic rings. The molecule has 0 radical (unpaired) electrons. The van der Waals surface area contributed by atoms with Gasteiger partial charge in [-0.2, -0.15) is 0 Å². The first-order valence-electron chi connectivity index (χ1n) is 10.2. The van der Waals surface area contributed by atoms with Crippen molar-refractivity contribution in [1.82, 2.24) is 14.4 Å². The third-order valence-electron chi connectivity index (χ3n) is 5.29. The number of aromatic nitrogens is 3. The highest BCUT2D eigenvalue weighted by atomic mass is 16.5. The molecule has 0 unspecified atom stereocenters. The van der Waals surface area contributed by atoms with Crippen molar-refractivity contribution in [1.29, 1.82) is 0 Å². The van der Waals surface area contributed by atoms with Gasteiger partial charge < -0.3 is 24.4 Å². The monoisotopic (exact) mass is 433 g/mol. The van der Waals surface area contributed by atoms with Crippen LogP contribution in [0.5, 0.6) is 17.2 Å². The van der Waals surface area contributed by atoms with Crippen LogP contribution in [0, 0.1) is 0 Å². The van der Waals surface area contributed by atoms with Crippen LogP contribution in [0.4, 0.5) is 11.5 Å². The topological polar surface area (TPSA) is 73.2 Å². The summed E-state index contributed by atoms with van der Waals surface area (Å²) >= 11 is 0. The van der Waals surface area contributed by atoms with Gasteiger partial charge in [0, 0.05) is 44.3 Å². The molecule has 0 spiro atoms. The zero-order valence-corrected chi connectivity index (χ0v) is 18.9. The molecule has 32 heavy (non-hydrogen) atoms. The van der Waals surface area contributed by atoms with E-state index in [1.807, 2.05) is 43.0 Å². The number of imidazole rings is 1. The van der Waals surface area contributed by atoms with Gasteiger partial charge in [-0.05, 0) is 29.8 Å². The first-order valence-corrected chi connectivity index (χ1v) is 10.2. The highest BCUT2D eigenvalue weighted by Crippen LogP contribution is 2.38. The van der Waals surface area contributed by atoms with Gasteiger partial charge in [0.2, 0.25) is 5.75 Å². The zero-order chi connectivity index (χ0) is 22.7. The number of rotatable bonds is 8. The van der Waals surface area contributed by atoms with Gasteiger partial charge in [-0.25, -0.2) is 9.97 Å². The van der Waals surface area contributed by atoms with Gasteiger partial charge in [-0.3, -0.25) is 4.40 Å². The van der Waals surface area contributed by atoms with Crippen molar-refractivity contribution in [3.05, 3.63) is 60.6 Å². The lowest BCUT2D eigenvalue weighted by Crippen LogP contribution is -2.08. The van der Waals surface area contributed by atoms with Gasteiger partial charge in [-0.1, -0.05) is 12.1 Å². The molecule has 1 N–H and O–H groups in total. The zero-order valence-electron chi connectivity index (χ0n) is 18.9. The summed E-state index contributed by atoms with van der Waals surface area (Å²) in [6.45, 7) is 0.517.